The van der Waals surface area contributed by atoms with Gasteiger partial charge in [-0.05, 0) is 18.1 Å². The summed E-state index contributed by atoms with van der Waals surface area (Å²) in [7, 11) is 0. The molecule has 25 heavy (non-hydrogen) atoms. The smallest absolute Gasteiger partial charge is 0.246 e. The number of aromatic nitrogens is 2. The van der Waals surface area contributed by atoms with E-state index < -0.39 is 11.7 Å². The highest BCUT2D eigenvalue weighted by Gasteiger charge is 2.52. The highest BCUT2D eigenvalue weighted by atomic mass is 16.5. The molecule has 1 amide bonds. The number of nitrogens with one attached hydrogen (secondary N) is 1. The average molecular weight is 339 g/mol. The van der Waals surface area contributed by atoms with Crippen LogP contribution in [0, 0.1) is 0 Å². The summed E-state index contributed by atoms with van der Waals surface area (Å²) in [6.45, 7) is 1.30. The zero-order chi connectivity index (χ0) is 17.3. The molecule has 6 heteroatoms. The second-order valence-electron chi connectivity index (χ2n) is 6.76. The first-order valence-corrected chi connectivity index (χ1v) is 8.49. The van der Waals surface area contributed by atoms with Crippen LogP contribution in [0.2, 0.25) is 0 Å². The summed E-state index contributed by atoms with van der Waals surface area (Å²) in [6, 6.07) is 10.2. The van der Waals surface area contributed by atoms with Gasteiger partial charge >= 0.3 is 0 Å². The first-order chi connectivity index (χ1) is 12.2. The molecule has 2 aliphatic rings. The van der Waals surface area contributed by atoms with Crippen molar-refractivity contribution >= 4 is 12.0 Å². The minimum Gasteiger partial charge on any atom is -0.388 e. The van der Waals surface area contributed by atoms with Crippen molar-refractivity contribution in [3.05, 3.63) is 60.2 Å². The molecule has 2 fully saturated rings. The van der Waals surface area contributed by atoms with Crippen molar-refractivity contribution in [1.82, 2.24) is 14.9 Å². The largest absolute Gasteiger partial charge is 0.388 e. The fraction of sp³-hybridized carbons (Fsp3) is 0.368. The van der Waals surface area contributed by atoms with Crippen LogP contribution in [0.4, 0.5) is 0 Å². The molecule has 1 aromatic carbocycles. The van der Waals surface area contributed by atoms with Crippen LogP contribution in [0.25, 0.3) is 6.08 Å². The number of aliphatic hydroxyl groups is 1. The number of carbonyl (C=O) groups excluding carboxylic acids is 1. The second-order valence-corrected chi connectivity index (χ2v) is 6.76. The number of H-pyrrole nitrogens is 1. The maximum Gasteiger partial charge on any atom is 0.246 e. The minimum atomic E-state index is -0.661. The van der Waals surface area contributed by atoms with Crippen LogP contribution in [0.1, 0.15) is 23.6 Å². The van der Waals surface area contributed by atoms with E-state index >= 15 is 0 Å². The number of hydrogen-bond acceptors (Lipinski definition) is 4. The van der Waals surface area contributed by atoms with Gasteiger partial charge in [0.25, 0.3) is 0 Å². The van der Waals surface area contributed by atoms with Gasteiger partial charge in [-0.2, -0.15) is 0 Å². The molecule has 1 aromatic heterocycles. The molecule has 0 radical (unpaired) electrons. The number of aliphatic hydroxyl groups excluding tert-OH is 1. The van der Waals surface area contributed by atoms with Crippen LogP contribution in [-0.2, 0) is 9.53 Å². The highest BCUT2D eigenvalue weighted by Crippen LogP contribution is 2.42. The number of likely N-dealkylation sites (tertiary alicyclic amines) is 1. The van der Waals surface area contributed by atoms with Gasteiger partial charge in [-0.15, -0.1) is 0 Å². The molecule has 2 N–H and O–H groups in total. The van der Waals surface area contributed by atoms with Crippen LogP contribution >= 0.6 is 0 Å². The van der Waals surface area contributed by atoms with Crippen LogP contribution in [0.3, 0.4) is 0 Å². The van der Waals surface area contributed by atoms with Crippen LogP contribution < -0.4 is 0 Å². The quantitative estimate of drug-likeness (QED) is 0.832. The number of nitrogens with zero attached hydrogens (tertiary/aromatic N) is 2. The Balaban J connectivity index is 1.44. The van der Waals surface area contributed by atoms with E-state index in [0.29, 0.717) is 19.7 Å². The van der Waals surface area contributed by atoms with E-state index in [1.165, 1.54) is 11.6 Å². The van der Waals surface area contributed by atoms with E-state index in [0.717, 1.165) is 12.1 Å². The summed E-state index contributed by atoms with van der Waals surface area (Å²) < 4.78 is 6.03. The Bertz CT molecular complexity index is 759. The third kappa shape index (κ3) is 3.10. The molecular weight excluding hydrogens is 318 g/mol. The SMILES string of the molecule is O=C(/C=C/c1cnc[nH]1)N1C[C@@H](O)[C@@]2(C[C@@H](c3ccccc3)CO2)C1. The van der Waals surface area contributed by atoms with Gasteiger partial charge in [-0.1, -0.05) is 30.3 Å². The predicted octanol–water partition coefficient (Wildman–Crippen LogP) is 1.57. The van der Waals surface area contributed by atoms with Crippen LogP contribution in [0.15, 0.2) is 48.9 Å². The number of rotatable bonds is 3. The first-order valence-electron chi connectivity index (χ1n) is 8.49. The number of benzene rings is 1. The van der Waals surface area contributed by atoms with E-state index in [9.17, 15) is 9.90 Å². The Kier molecular flexibility index (Phi) is 4.15. The molecule has 2 saturated heterocycles. The number of β-amino-alcohol motifs (C(OH)–C–C–N with tert-alkyl or cyclic N) is 1. The fourth-order valence-corrected chi connectivity index (χ4v) is 3.74. The number of carbonyl (C=O) groups is 1. The van der Waals surface area contributed by atoms with E-state index in [4.69, 9.17) is 4.74 Å². The lowest BCUT2D eigenvalue weighted by Gasteiger charge is -2.25. The molecule has 0 aliphatic carbocycles. The normalized spacial score (nSPS) is 29.1. The average Bonchev–Trinajstić information content (AvgIpc) is 3.36. The molecule has 130 valence electrons. The summed E-state index contributed by atoms with van der Waals surface area (Å²) in [5.74, 6) is 0.128. The molecule has 3 heterocycles. The topological polar surface area (TPSA) is 78.5 Å². The fourth-order valence-electron chi connectivity index (χ4n) is 3.74. The number of amides is 1. The number of aromatic amines is 1. The maximum atomic E-state index is 12.4. The molecule has 0 bridgehead atoms. The molecule has 1 spiro atoms. The van der Waals surface area contributed by atoms with Crippen molar-refractivity contribution in [2.75, 3.05) is 19.7 Å². The van der Waals surface area contributed by atoms with Crippen molar-refractivity contribution in [3.63, 3.8) is 0 Å². The van der Waals surface area contributed by atoms with Crippen molar-refractivity contribution in [3.8, 4) is 0 Å². The summed E-state index contributed by atoms with van der Waals surface area (Å²) in [5, 5.41) is 10.6. The van der Waals surface area contributed by atoms with E-state index in [1.54, 1.807) is 23.5 Å². The highest BCUT2D eigenvalue weighted by molar-refractivity contribution is 5.91. The van der Waals surface area contributed by atoms with Gasteiger partial charge in [-0.3, -0.25) is 4.79 Å². The Morgan fingerprint density at radius 2 is 2.24 bits per heavy atom. The molecule has 0 saturated carbocycles. The van der Waals surface area contributed by atoms with Crippen LogP contribution in [0.5, 0.6) is 0 Å². The lowest BCUT2D eigenvalue weighted by Crippen LogP contribution is -2.41. The van der Waals surface area contributed by atoms with E-state index in [1.807, 2.05) is 18.2 Å². The summed E-state index contributed by atoms with van der Waals surface area (Å²) in [4.78, 5) is 20.9. The third-order valence-electron chi connectivity index (χ3n) is 5.13. The Labute approximate surface area is 146 Å². The molecule has 3 atom stereocenters. The van der Waals surface area contributed by atoms with Crippen molar-refractivity contribution in [2.45, 2.75) is 24.0 Å². The number of ether oxygens (including phenoxy) is 1. The summed E-state index contributed by atoms with van der Waals surface area (Å²) in [5.41, 5.74) is 1.33. The molecule has 0 unspecified atom stereocenters. The van der Waals surface area contributed by atoms with Gasteiger partial charge < -0.3 is 19.7 Å². The minimum absolute atomic E-state index is 0.128. The van der Waals surface area contributed by atoms with E-state index in [2.05, 4.69) is 22.1 Å². The van der Waals surface area contributed by atoms with Gasteiger partial charge in [0.2, 0.25) is 5.91 Å². The lowest BCUT2D eigenvalue weighted by molar-refractivity contribution is -0.126. The van der Waals surface area contributed by atoms with E-state index in [-0.39, 0.29) is 11.8 Å². The second kappa shape index (κ2) is 6.46. The predicted molar refractivity (Wildman–Crippen MR) is 92.7 cm³/mol. The molecule has 2 aromatic rings. The Hall–Kier alpha value is -2.44. The zero-order valence-corrected chi connectivity index (χ0v) is 13.8. The van der Waals surface area contributed by atoms with Gasteiger partial charge in [0, 0.05) is 18.5 Å². The van der Waals surface area contributed by atoms with Gasteiger partial charge in [0.05, 0.1) is 31.4 Å². The molecule has 6 nitrogen and oxygen atoms in total. The summed E-state index contributed by atoms with van der Waals surface area (Å²) >= 11 is 0. The standard InChI is InChI=1S/C19H21N3O3/c23-17-10-22(18(24)7-6-16-9-20-13-21-16)12-19(17)8-15(11-25-19)14-4-2-1-3-5-14/h1-7,9,13,15,17,23H,8,10-12H2,(H,20,21)/b7-6+/t15-,17-,19-/m1/s1. The molecule has 4 rings (SSSR count). The number of hydrogen-bond donors (Lipinski definition) is 2. The molecular formula is C19H21N3O3. The monoisotopic (exact) mass is 339 g/mol. The third-order valence-corrected chi connectivity index (χ3v) is 5.13. The zero-order valence-electron chi connectivity index (χ0n) is 13.8. The van der Waals surface area contributed by atoms with Gasteiger partial charge in [0.1, 0.15) is 11.7 Å². The van der Waals surface area contributed by atoms with Gasteiger partial charge in [-0.25, -0.2) is 4.98 Å². The maximum absolute atomic E-state index is 12.4. The number of imidazole rings is 1. The Morgan fingerprint density at radius 3 is 3.00 bits per heavy atom. The van der Waals surface area contributed by atoms with Crippen molar-refractivity contribution in [2.24, 2.45) is 0 Å². The lowest BCUT2D eigenvalue weighted by atomic mass is 9.87. The van der Waals surface area contributed by atoms with Gasteiger partial charge in [0.15, 0.2) is 0 Å². The van der Waals surface area contributed by atoms with Crippen molar-refractivity contribution < 1.29 is 14.6 Å². The first kappa shape index (κ1) is 16.1. The Morgan fingerprint density at radius 1 is 1.40 bits per heavy atom. The van der Waals surface area contributed by atoms with Crippen molar-refractivity contribution in [1.29, 1.82) is 0 Å². The molecule has 2 aliphatic heterocycles. The summed E-state index contributed by atoms with van der Waals surface area (Å²) in [6.07, 6.45) is 6.47. The van der Waals surface area contributed by atoms with Crippen LogP contribution in [-0.4, -0.2) is 57.3 Å².